The Bertz CT molecular complexity index is 679. The summed E-state index contributed by atoms with van der Waals surface area (Å²) in [5, 5.41) is 3.30. The van der Waals surface area contributed by atoms with Gasteiger partial charge in [-0.1, -0.05) is 34.1 Å². The molecule has 0 spiro atoms. The second-order valence-electron chi connectivity index (χ2n) is 5.25. The molecular weight excluding hydrogens is 333 g/mol. The van der Waals surface area contributed by atoms with E-state index in [1.165, 1.54) is 17.7 Å². The first kappa shape index (κ1) is 14.4. The molecule has 21 heavy (non-hydrogen) atoms. The summed E-state index contributed by atoms with van der Waals surface area (Å²) >= 11 is 3.26. The Hall–Kier alpha value is -1.52. The lowest BCUT2D eigenvalue weighted by Gasteiger charge is -2.19. The van der Waals surface area contributed by atoms with Gasteiger partial charge in [0.2, 0.25) is 0 Å². The highest BCUT2D eigenvalue weighted by Crippen LogP contribution is 2.22. The standard InChI is InChI=1S/C17H15BrFNO/c18-13-6-11(7-14(19)9-13)8-17(21)16-3-1-2-12-10-20-5-4-15(12)16/h1-3,6-7,9,20H,4-5,8,10H2. The molecule has 0 amide bonds. The molecule has 0 saturated carbocycles. The molecule has 1 aliphatic rings. The van der Waals surface area contributed by atoms with Crippen LogP contribution >= 0.6 is 15.9 Å². The van der Waals surface area contributed by atoms with Crippen LogP contribution in [0.5, 0.6) is 0 Å². The third-order valence-corrected chi connectivity index (χ3v) is 4.19. The van der Waals surface area contributed by atoms with Gasteiger partial charge in [-0.15, -0.1) is 0 Å². The first-order chi connectivity index (χ1) is 10.1. The molecule has 2 aromatic rings. The number of hydrogen-bond acceptors (Lipinski definition) is 2. The first-order valence-electron chi connectivity index (χ1n) is 6.93. The number of carbonyl (C=O) groups excluding carboxylic acids is 1. The van der Waals surface area contributed by atoms with E-state index in [0.29, 0.717) is 10.0 Å². The highest BCUT2D eigenvalue weighted by Gasteiger charge is 2.17. The minimum absolute atomic E-state index is 0.0475. The molecule has 0 fully saturated rings. The lowest BCUT2D eigenvalue weighted by Crippen LogP contribution is -2.25. The number of Topliss-reactive ketones (excluding diaryl/α,β-unsaturated/α-hetero) is 1. The van der Waals surface area contributed by atoms with Crippen LogP contribution in [-0.2, 0) is 19.4 Å². The maximum Gasteiger partial charge on any atom is 0.167 e. The van der Waals surface area contributed by atoms with Gasteiger partial charge in [-0.05, 0) is 47.9 Å². The smallest absolute Gasteiger partial charge is 0.167 e. The normalized spacial score (nSPS) is 13.8. The molecule has 0 radical (unpaired) electrons. The molecule has 2 nitrogen and oxygen atoms in total. The second kappa shape index (κ2) is 6.08. The summed E-state index contributed by atoms with van der Waals surface area (Å²) in [4.78, 5) is 12.6. The van der Waals surface area contributed by atoms with Crippen molar-refractivity contribution < 1.29 is 9.18 Å². The van der Waals surface area contributed by atoms with Crippen molar-refractivity contribution >= 4 is 21.7 Å². The second-order valence-corrected chi connectivity index (χ2v) is 6.16. The highest BCUT2D eigenvalue weighted by atomic mass is 79.9. The minimum Gasteiger partial charge on any atom is -0.312 e. The summed E-state index contributed by atoms with van der Waals surface area (Å²) in [6, 6.07) is 10.4. The molecule has 1 heterocycles. The van der Waals surface area contributed by atoms with Crippen LogP contribution in [0.15, 0.2) is 40.9 Å². The van der Waals surface area contributed by atoms with Crippen LogP contribution in [0.3, 0.4) is 0 Å². The van der Waals surface area contributed by atoms with Crippen molar-refractivity contribution in [3.05, 3.63) is 68.9 Å². The summed E-state index contributed by atoms with van der Waals surface area (Å²) in [6.45, 7) is 1.70. The van der Waals surface area contributed by atoms with E-state index in [1.807, 2.05) is 12.1 Å². The van der Waals surface area contributed by atoms with Crippen LogP contribution in [0.25, 0.3) is 0 Å². The van der Waals surface area contributed by atoms with Gasteiger partial charge in [-0.2, -0.15) is 0 Å². The molecule has 0 unspecified atom stereocenters. The molecule has 1 aliphatic heterocycles. The average molecular weight is 348 g/mol. The summed E-state index contributed by atoms with van der Waals surface area (Å²) in [5.74, 6) is -0.280. The van der Waals surface area contributed by atoms with Crippen LogP contribution in [0.2, 0.25) is 0 Å². The zero-order valence-electron chi connectivity index (χ0n) is 11.5. The lowest BCUT2D eigenvalue weighted by atomic mass is 9.91. The van der Waals surface area contributed by atoms with Gasteiger partial charge in [-0.25, -0.2) is 4.39 Å². The average Bonchev–Trinajstić information content (AvgIpc) is 2.45. The van der Waals surface area contributed by atoms with Crippen molar-refractivity contribution in [1.29, 1.82) is 0 Å². The fourth-order valence-electron chi connectivity index (χ4n) is 2.79. The van der Waals surface area contributed by atoms with Crippen molar-refractivity contribution in [2.45, 2.75) is 19.4 Å². The van der Waals surface area contributed by atoms with E-state index in [-0.39, 0.29) is 18.0 Å². The number of ketones is 1. The van der Waals surface area contributed by atoms with E-state index in [2.05, 4.69) is 27.3 Å². The van der Waals surface area contributed by atoms with Crippen molar-refractivity contribution in [2.24, 2.45) is 0 Å². The Morgan fingerprint density at radius 3 is 2.95 bits per heavy atom. The third kappa shape index (κ3) is 3.22. The topological polar surface area (TPSA) is 29.1 Å². The van der Waals surface area contributed by atoms with Crippen molar-refractivity contribution in [1.82, 2.24) is 5.32 Å². The molecule has 1 N–H and O–H groups in total. The van der Waals surface area contributed by atoms with Crippen LogP contribution in [-0.4, -0.2) is 12.3 Å². The fourth-order valence-corrected chi connectivity index (χ4v) is 3.30. The quantitative estimate of drug-likeness (QED) is 0.858. The number of nitrogens with one attached hydrogen (secondary N) is 1. The Balaban J connectivity index is 1.89. The fraction of sp³-hybridized carbons (Fsp3) is 0.235. The van der Waals surface area contributed by atoms with Gasteiger partial charge in [0.15, 0.2) is 5.78 Å². The van der Waals surface area contributed by atoms with E-state index in [1.54, 1.807) is 6.07 Å². The van der Waals surface area contributed by atoms with Gasteiger partial charge in [0, 0.05) is 23.0 Å². The first-order valence-corrected chi connectivity index (χ1v) is 7.72. The van der Waals surface area contributed by atoms with E-state index >= 15 is 0 Å². The zero-order valence-corrected chi connectivity index (χ0v) is 13.0. The molecule has 3 rings (SSSR count). The number of benzene rings is 2. The van der Waals surface area contributed by atoms with Crippen molar-refractivity contribution in [3.63, 3.8) is 0 Å². The minimum atomic E-state index is -0.327. The summed E-state index contributed by atoms with van der Waals surface area (Å²) in [7, 11) is 0. The van der Waals surface area contributed by atoms with Crippen LogP contribution in [0.4, 0.5) is 4.39 Å². The molecule has 108 valence electrons. The van der Waals surface area contributed by atoms with Gasteiger partial charge in [0.05, 0.1) is 0 Å². The van der Waals surface area contributed by atoms with E-state index in [0.717, 1.165) is 30.6 Å². The molecule has 0 aromatic heterocycles. The third-order valence-electron chi connectivity index (χ3n) is 3.73. The molecule has 0 aliphatic carbocycles. The Morgan fingerprint density at radius 2 is 2.14 bits per heavy atom. The summed E-state index contributed by atoms with van der Waals surface area (Å²) in [6.07, 6.45) is 1.09. The summed E-state index contributed by atoms with van der Waals surface area (Å²) in [5.41, 5.74) is 3.79. The predicted molar refractivity (Wildman–Crippen MR) is 84.0 cm³/mol. The van der Waals surface area contributed by atoms with Crippen LogP contribution in [0, 0.1) is 5.82 Å². The van der Waals surface area contributed by atoms with Gasteiger partial charge in [0.1, 0.15) is 5.82 Å². The van der Waals surface area contributed by atoms with Crippen LogP contribution < -0.4 is 5.32 Å². The van der Waals surface area contributed by atoms with Gasteiger partial charge < -0.3 is 5.32 Å². The number of fused-ring (bicyclic) bond motifs is 1. The van der Waals surface area contributed by atoms with Crippen LogP contribution in [0.1, 0.15) is 27.0 Å². The number of carbonyl (C=O) groups is 1. The molecule has 4 heteroatoms. The maximum absolute atomic E-state index is 13.4. The van der Waals surface area contributed by atoms with Gasteiger partial charge >= 0.3 is 0 Å². The highest BCUT2D eigenvalue weighted by molar-refractivity contribution is 9.10. The monoisotopic (exact) mass is 347 g/mol. The van der Waals surface area contributed by atoms with Gasteiger partial charge in [-0.3, -0.25) is 4.79 Å². The van der Waals surface area contributed by atoms with E-state index in [9.17, 15) is 9.18 Å². The Labute approximate surface area is 131 Å². The Kier molecular flexibility index (Phi) is 4.17. The predicted octanol–water partition coefficient (Wildman–Crippen LogP) is 3.66. The van der Waals surface area contributed by atoms with Crippen molar-refractivity contribution in [2.75, 3.05) is 6.54 Å². The summed E-state index contributed by atoms with van der Waals surface area (Å²) < 4.78 is 14.1. The largest absolute Gasteiger partial charge is 0.312 e. The van der Waals surface area contributed by atoms with E-state index < -0.39 is 0 Å². The molecule has 0 saturated heterocycles. The maximum atomic E-state index is 13.4. The molecule has 0 bridgehead atoms. The van der Waals surface area contributed by atoms with Crippen molar-refractivity contribution in [3.8, 4) is 0 Å². The lowest BCUT2D eigenvalue weighted by molar-refractivity contribution is 0.0991. The van der Waals surface area contributed by atoms with Gasteiger partial charge in [0.25, 0.3) is 0 Å². The Morgan fingerprint density at radius 1 is 1.29 bits per heavy atom. The number of halogens is 2. The number of hydrogen-bond donors (Lipinski definition) is 1. The zero-order chi connectivity index (χ0) is 14.8. The molecule has 2 aromatic carbocycles. The molecule has 0 atom stereocenters. The SMILES string of the molecule is O=C(Cc1cc(F)cc(Br)c1)c1cccc2c1CCNC2. The number of rotatable bonds is 3. The van der Waals surface area contributed by atoms with E-state index in [4.69, 9.17) is 0 Å². The molecular formula is C17H15BrFNO.